The van der Waals surface area contributed by atoms with Crippen LogP contribution < -0.4 is 20.3 Å². The normalized spacial score (nSPS) is 16.0. The first kappa shape index (κ1) is 19.4. The molecule has 2 N–H and O–H groups in total. The molecule has 2 aromatic rings. The predicted octanol–water partition coefficient (Wildman–Crippen LogP) is 3.04. The number of benzene rings is 2. The lowest BCUT2D eigenvalue weighted by atomic mass is 10.1. The van der Waals surface area contributed by atoms with Crippen LogP contribution >= 0.6 is 0 Å². The Labute approximate surface area is 163 Å². The number of nitrogens with one attached hydrogen (secondary N) is 2. The summed E-state index contributed by atoms with van der Waals surface area (Å²) in [6.45, 7) is 2.08. The SMILES string of the molecule is CCC(=O)Nc1cccc(NC(=O)[C@@H]2CC(=O)N(c3cccc(OC)c3)C2)c1. The van der Waals surface area contributed by atoms with Crippen molar-refractivity contribution in [1.29, 1.82) is 0 Å². The van der Waals surface area contributed by atoms with Crippen molar-refractivity contribution in [2.75, 3.05) is 29.2 Å². The van der Waals surface area contributed by atoms with E-state index >= 15 is 0 Å². The minimum Gasteiger partial charge on any atom is -0.497 e. The lowest BCUT2D eigenvalue weighted by molar-refractivity contribution is -0.122. The Morgan fingerprint density at radius 3 is 2.54 bits per heavy atom. The van der Waals surface area contributed by atoms with Gasteiger partial charge in [-0.2, -0.15) is 0 Å². The molecule has 1 saturated heterocycles. The fourth-order valence-corrected chi connectivity index (χ4v) is 3.08. The molecule has 3 amide bonds. The molecule has 1 fully saturated rings. The van der Waals surface area contributed by atoms with Crippen LogP contribution in [-0.2, 0) is 14.4 Å². The Hall–Kier alpha value is -3.35. The quantitative estimate of drug-likeness (QED) is 0.805. The first-order valence-corrected chi connectivity index (χ1v) is 9.15. The summed E-state index contributed by atoms with van der Waals surface area (Å²) in [6.07, 6.45) is 0.524. The van der Waals surface area contributed by atoms with Gasteiger partial charge in [-0.05, 0) is 30.3 Å². The summed E-state index contributed by atoms with van der Waals surface area (Å²) in [5.74, 6) is -0.217. The van der Waals surface area contributed by atoms with Gasteiger partial charge in [0.15, 0.2) is 0 Å². The Bertz CT molecular complexity index is 897. The van der Waals surface area contributed by atoms with Gasteiger partial charge in [-0.15, -0.1) is 0 Å². The molecule has 2 aromatic carbocycles. The molecule has 7 heteroatoms. The molecule has 3 rings (SSSR count). The number of amides is 3. The van der Waals surface area contributed by atoms with Gasteiger partial charge < -0.3 is 20.3 Å². The highest BCUT2D eigenvalue weighted by Gasteiger charge is 2.35. The van der Waals surface area contributed by atoms with Crippen molar-refractivity contribution >= 4 is 34.8 Å². The summed E-state index contributed by atoms with van der Waals surface area (Å²) >= 11 is 0. The molecule has 0 bridgehead atoms. The van der Waals surface area contributed by atoms with Crippen LogP contribution in [0.25, 0.3) is 0 Å². The van der Waals surface area contributed by atoms with E-state index in [4.69, 9.17) is 4.74 Å². The van der Waals surface area contributed by atoms with Gasteiger partial charge in [0.05, 0.1) is 13.0 Å². The van der Waals surface area contributed by atoms with Crippen LogP contribution in [-0.4, -0.2) is 31.4 Å². The molecule has 0 aromatic heterocycles. The maximum absolute atomic E-state index is 12.6. The summed E-state index contributed by atoms with van der Waals surface area (Å²) in [4.78, 5) is 38.2. The van der Waals surface area contributed by atoms with E-state index < -0.39 is 5.92 Å². The number of anilines is 3. The second kappa shape index (κ2) is 8.56. The summed E-state index contributed by atoms with van der Waals surface area (Å²) in [6, 6.07) is 14.2. The number of carbonyl (C=O) groups excluding carboxylic acids is 3. The molecule has 0 radical (unpaired) electrons. The second-order valence-corrected chi connectivity index (χ2v) is 6.58. The topological polar surface area (TPSA) is 87.7 Å². The number of nitrogens with zero attached hydrogens (tertiary/aromatic N) is 1. The van der Waals surface area contributed by atoms with Gasteiger partial charge in [0.2, 0.25) is 17.7 Å². The monoisotopic (exact) mass is 381 g/mol. The van der Waals surface area contributed by atoms with Gasteiger partial charge in [0.25, 0.3) is 0 Å². The largest absolute Gasteiger partial charge is 0.497 e. The summed E-state index contributed by atoms with van der Waals surface area (Å²) in [5.41, 5.74) is 1.90. The molecule has 1 aliphatic rings. The summed E-state index contributed by atoms with van der Waals surface area (Å²) in [5, 5.41) is 5.59. The summed E-state index contributed by atoms with van der Waals surface area (Å²) in [7, 11) is 1.57. The predicted molar refractivity (Wildman–Crippen MR) is 107 cm³/mol. The standard InChI is InChI=1S/C21H23N3O4/c1-3-19(25)22-15-6-4-7-16(11-15)23-21(27)14-10-20(26)24(13-14)17-8-5-9-18(12-17)28-2/h4-9,11-12,14H,3,10,13H2,1-2H3,(H,22,25)(H,23,27)/t14-/m1/s1. The van der Waals surface area contributed by atoms with Gasteiger partial charge in [-0.1, -0.05) is 19.1 Å². The molecule has 0 unspecified atom stereocenters. The fourth-order valence-electron chi connectivity index (χ4n) is 3.08. The molecular formula is C21H23N3O4. The van der Waals surface area contributed by atoms with Crippen LogP contribution in [0.3, 0.4) is 0 Å². The third kappa shape index (κ3) is 4.49. The Balaban J connectivity index is 1.66. The molecule has 146 valence electrons. The van der Waals surface area contributed by atoms with Gasteiger partial charge >= 0.3 is 0 Å². The summed E-state index contributed by atoms with van der Waals surface area (Å²) < 4.78 is 5.20. The van der Waals surface area contributed by atoms with E-state index in [0.29, 0.717) is 35.8 Å². The maximum atomic E-state index is 12.6. The number of rotatable bonds is 6. The third-order valence-electron chi connectivity index (χ3n) is 4.60. The second-order valence-electron chi connectivity index (χ2n) is 6.58. The minimum atomic E-state index is -0.451. The number of hydrogen-bond acceptors (Lipinski definition) is 4. The maximum Gasteiger partial charge on any atom is 0.229 e. The zero-order valence-corrected chi connectivity index (χ0v) is 15.9. The highest BCUT2D eigenvalue weighted by Crippen LogP contribution is 2.28. The van der Waals surface area contributed by atoms with Crippen molar-refractivity contribution in [2.45, 2.75) is 19.8 Å². The Morgan fingerprint density at radius 1 is 1.11 bits per heavy atom. The highest BCUT2D eigenvalue weighted by atomic mass is 16.5. The Kier molecular flexibility index (Phi) is 5.93. The van der Waals surface area contributed by atoms with Crippen LogP contribution in [0.4, 0.5) is 17.1 Å². The lowest BCUT2D eigenvalue weighted by Crippen LogP contribution is -2.28. The zero-order chi connectivity index (χ0) is 20.1. The molecule has 1 atom stereocenters. The molecule has 28 heavy (non-hydrogen) atoms. The molecular weight excluding hydrogens is 358 g/mol. The molecule has 0 spiro atoms. The smallest absolute Gasteiger partial charge is 0.229 e. The van der Waals surface area contributed by atoms with Crippen LogP contribution in [0.1, 0.15) is 19.8 Å². The van der Waals surface area contributed by atoms with E-state index in [1.165, 1.54) is 0 Å². The first-order valence-electron chi connectivity index (χ1n) is 9.15. The van der Waals surface area contributed by atoms with Crippen molar-refractivity contribution in [3.63, 3.8) is 0 Å². The fraction of sp³-hybridized carbons (Fsp3) is 0.286. The van der Waals surface area contributed by atoms with Crippen LogP contribution in [0.2, 0.25) is 0 Å². The molecule has 7 nitrogen and oxygen atoms in total. The first-order chi connectivity index (χ1) is 13.5. The third-order valence-corrected chi connectivity index (χ3v) is 4.60. The zero-order valence-electron chi connectivity index (χ0n) is 15.9. The van der Waals surface area contributed by atoms with Crippen molar-refractivity contribution in [1.82, 2.24) is 0 Å². The van der Waals surface area contributed by atoms with E-state index in [1.54, 1.807) is 55.3 Å². The average molecular weight is 381 g/mol. The van der Waals surface area contributed by atoms with E-state index in [1.807, 2.05) is 12.1 Å². The molecule has 1 aliphatic heterocycles. The van der Waals surface area contributed by atoms with Gasteiger partial charge in [-0.25, -0.2) is 0 Å². The van der Waals surface area contributed by atoms with E-state index in [-0.39, 0.29) is 24.1 Å². The number of methoxy groups -OCH3 is 1. The molecule has 0 aliphatic carbocycles. The van der Waals surface area contributed by atoms with Crippen LogP contribution in [0, 0.1) is 5.92 Å². The van der Waals surface area contributed by atoms with E-state index in [0.717, 1.165) is 0 Å². The van der Waals surface area contributed by atoms with Crippen molar-refractivity contribution in [3.8, 4) is 5.75 Å². The number of hydrogen-bond donors (Lipinski definition) is 2. The van der Waals surface area contributed by atoms with Gasteiger partial charge in [0.1, 0.15) is 5.75 Å². The Morgan fingerprint density at radius 2 is 1.82 bits per heavy atom. The number of carbonyl (C=O) groups is 3. The average Bonchev–Trinajstić information content (AvgIpc) is 3.10. The minimum absolute atomic E-state index is 0.0983. The highest BCUT2D eigenvalue weighted by molar-refractivity contribution is 6.03. The van der Waals surface area contributed by atoms with Gasteiger partial charge in [-0.3, -0.25) is 14.4 Å². The van der Waals surface area contributed by atoms with E-state index in [2.05, 4.69) is 10.6 Å². The molecule has 1 heterocycles. The van der Waals surface area contributed by atoms with E-state index in [9.17, 15) is 14.4 Å². The molecule has 0 saturated carbocycles. The van der Waals surface area contributed by atoms with Gasteiger partial charge in [0, 0.05) is 42.5 Å². The van der Waals surface area contributed by atoms with Crippen LogP contribution in [0.15, 0.2) is 48.5 Å². The van der Waals surface area contributed by atoms with Crippen molar-refractivity contribution in [3.05, 3.63) is 48.5 Å². The van der Waals surface area contributed by atoms with Crippen molar-refractivity contribution in [2.24, 2.45) is 5.92 Å². The lowest BCUT2D eigenvalue weighted by Gasteiger charge is -2.17. The van der Waals surface area contributed by atoms with Crippen LogP contribution in [0.5, 0.6) is 5.75 Å². The van der Waals surface area contributed by atoms with Crippen molar-refractivity contribution < 1.29 is 19.1 Å². The number of ether oxygens (including phenoxy) is 1.